The third kappa shape index (κ3) is 21.1. The van der Waals surface area contributed by atoms with Crippen LogP contribution in [0, 0.1) is 22.7 Å². The molecule has 0 N–H and O–H groups in total. The Labute approximate surface area is 337 Å². The molecule has 0 bridgehead atoms. The van der Waals surface area contributed by atoms with Crippen LogP contribution in [0.4, 0.5) is 0 Å². The van der Waals surface area contributed by atoms with Gasteiger partial charge in [-0.25, -0.2) is 16.8 Å². The van der Waals surface area contributed by atoms with Crippen LogP contribution < -0.4 is 103 Å². The van der Waals surface area contributed by atoms with E-state index < -0.39 is 30.7 Å². The van der Waals surface area contributed by atoms with E-state index in [1.165, 1.54) is 64.2 Å². The molecule has 0 amide bonds. The molecule has 11 heteroatoms. The quantitative estimate of drug-likeness (QED) is 0.321. The van der Waals surface area contributed by atoms with Crippen molar-refractivity contribution < 1.29 is 146 Å². The van der Waals surface area contributed by atoms with Gasteiger partial charge in [-0.3, -0.25) is 0 Å². The predicted octanol–water partition coefficient (Wildman–Crippen LogP) is 1.40. The van der Waals surface area contributed by atoms with Crippen molar-refractivity contribution in [3.05, 3.63) is 0 Å². The third-order valence-electron chi connectivity index (χ3n) is 8.54. The first-order chi connectivity index (χ1) is 16.4. The summed E-state index contributed by atoms with van der Waals surface area (Å²) >= 11 is 0. The van der Waals surface area contributed by atoms with Crippen molar-refractivity contribution in [1.29, 1.82) is 0 Å². The van der Waals surface area contributed by atoms with Crippen molar-refractivity contribution in [1.82, 2.24) is 0 Å². The fourth-order valence-electron chi connectivity index (χ4n) is 5.75. The summed E-state index contributed by atoms with van der Waals surface area (Å²) in [7, 11) is -8.09. The van der Waals surface area contributed by atoms with Crippen molar-refractivity contribution in [2.24, 2.45) is 22.7 Å². The zero-order valence-electron chi connectivity index (χ0n) is 26.2. The van der Waals surface area contributed by atoms with Gasteiger partial charge >= 0.3 is 103 Å². The van der Waals surface area contributed by atoms with E-state index in [9.17, 15) is 25.9 Å². The van der Waals surface area contributed by atoms with Gasteiger partial charge in [0.15, 0.2) is 0 Å². The number of hydrogen-bond acceptors (Lipinski definition) is 6. The Hall–Kier alpha value is 3.61. The zero-order valence-corrected chi connectivity index (χ0v) is 35.2. The predicted molar refractivity (Wildman–Crippen MR) is 147 cm³/mol. The van der Waals surface area contributed by atoms with Crippen LogP contribution in [-0.2, 0) is 37.3 Å². The summed E-state index contributed by atoms with van der Waals surface area (Å²) in [5.74, 6) is 0.752. The minimum absolute atomic E-state index is 0. The topological polar surface area (TPSA) is 114 Å². The van der Waals surface area contributed by atoms with Crippen molar-refractivity contribution in [3.63, 3.8) is 0 Å². The van der Waals surface area contributed by atoms with E-state index in [2.05, 4.69) is 41.5 Å². The van der Waals surface area contributed by atoms with Gasteiger partial charge in [-0.1, -0.05) is 106 Å². The molecule has 0 spiro atoms. The smallest absolute Gasteiger partial charge is 0.748 e. The Balaban J connectivity index is -0.000000466. The van der Waals surface area contributed by atoms with Crippen LogP contribution in [0.2, 0.25) is 0 Å². The maximum absolute atomic E-state index is 10.8. The first kappa shape index (κ1) is 47.0. The summed E-state index contributed by atoms with van der Waals surface area (Å²) in [6, 6.07) is 0. The molecule has 4 atom stereocenters. The first-order valence-electron chi connectivity index (χ1n) is 14.3. The van der Waals surface area contributed by atoms with E-state index in [0.717, 1.165) is 12.8 Å². The molecule has 0 aromatic rings. The maximum atomic E-state index is 10.8. The van der Waals surface area contributed by atoms with Gasteiger partial charge in [0, 0.05) is 27.6 Å². The summed E-state index contributed by atoms with van der Waals surface area (Å²) in [6.07, 6.45) is 18.9. The Morgan fingerprint density at radius 1 is 0.487 bits per heavy atom. The van der Waals surface area contributed by atoms with E-state index in [-0.39, 0.29) is 131 Å². The van der Waals surface area contributed by atoms with E-state index in [4.69, 9.17) is 0 Å². The Kier molecular flexibility index (Phi) is 26.8. The molecule has 0 aliphatic heterocycles. The Morgan fingerprint density at radius 2 is 0.692 bits per heavy atom. The van der Waals surface area contributed by atoms with Gasteiger partial charge in [-0.15, -0.1) is 0 Å². The molecule has 0 heterocycles. The monoisotopic (exact) mass is 684 g/mol. The van der Waals surface area contributed by atoms with Crippen molar-refractivity contribution in [2.45, 2.75) is 155 Å². The summed E-state index contributed by atoms with van der Waals surface area (Å²) in [5, 5.41) is -1.26. The average Bonchev–Trinajstić information content (AvgIpc) is 3.57. The van der Waals surface area contributed by atoms with Crippen LogP contribution in [0.25, 0.3) is 0 Å². The summed E-state index contributed by atoms with van der Waals surface area (Å²) < 4.78 is 64.5. The van der Waals surface area contributed by atoms with Crippen molar-refractivity contribution >= 4 is 20.2 Å². The van der Waals surface area contributed by atoms with E-state index in [0.29, 0.717) is 37.5 Å². The van der Waals surface area contributed by atoms with Crippen LogP contribution in [0.1, 0.15) is 144 Å². The average molecular weight is 685 g/mol. The molecular formula is C28H54FeK2O6S2. The minimum Gasteiger partial charge on any atom is -0.748 e. The number of rotatable bonds is 2. The second-order valence-corrected chi connectivity index (χ2v) is 16.8. The zero-order chi connectivity index (χ0) is 27.6. The Bertz CT molecular complexity index is 746. The van der Waals surface area contributed by atoms with E-state index in [1.54, 1.807) is 0 Å². The maximum Gasteiger partial charge on any atom is 1.00 e. The minimum atomic E-state index is -4.05. The third-order valence-corrected chi connectivity index (χ3v) is 11.0. The van der Waals surface area contributed by atoms with Gasteiger partial charge in [0.2, 0.25) is 0 Å². The molecule has 0 saturated heterocycles. The Morgan fingerprint density at radius 3 is 0.795 bits per heavy atom. The van der Waals surface area contributed by atoms with Crippen LogP contribution in [0.5, 0.6) is 0 Å². The second-order valence-electron chi connectivity index (χ2n) is 13.5. The molecule has 4 rings (SSSR count). The molecular weight excluding hydrogens is 630 g/mol. The normalized spacial score (nSPS) is 26.7. The fourth-order valence-corrected chi connectivity index (χ4v) is 7.53. The van der Waals surface area contributed by atoms with Gasteiger partial charge in [0.25, 0.3) is 0 Å². The van der Waals surface area contributed by atoms with Crippen molar-refractivity contribution in [2.75, 3.05) is 0 Å². The molecule has 6 nitrogen and oxygen atoms in total. The van der Waals surface area contributed by atoms with Gasteiger partial charge < -0.3 is 9.11 Å². The summed E-state index contributed by atoms with van der Waals surface area (Å²) in [6.45, 7) is 12.6. The summed E-state index contributed by atoms with van der Waals surface area (Å²) in [4.78, 5) is 0. The summed E-state index contributed by atoms with van der Waals surface area (Å²) in [5.41, 5.74) is 0.249. The number of hydrogen-bond donors (Lipinski definition) is 0. The molecule has 4 saturated carbocycles. The largest absolute Gasteiger partial charge is 1.00 e. The van der Waals surface area contributed by atoms with Crippen LogP contribution in [-0.4, -0.2) is 36.4 Å². The van der Waals surface area contributed by atoms with Crippen molar-refractivity contribution in [3.8, 4) is 0 Å². The van der Waals surface area contributed by atoms with Crippen LogP contribution in [0.3, 0.4) is 0 Å². The van der Waals surface area contributed by atoms with Crippen LogP contribution in [0.15, 0.2) is 0 Å². The molecule has 39 heavy (non-hydrogen) atoms. The molecule has 0 aromatic carbocycles. The second kappa shape index (κ2) is 22.2. The molecule has 4 aliphatic carbocycles. The van der Waals surface area contributed by atoms with Gasteiger partial charge in [-0.2, -0.15) is 0 Å². The SMILES string of the molecule is C1CCCC1.C1CCCC1.CC(C)(C)C1CCC(S(=O)(=O)[O-])C1.CC(C)(C)C1CCC(S(=O)(=O)[O-])C1.[Fe].[K+].[K+]. The van der Waals surface area contributed by atoms with Gasteiger partial charge in [-0.05, 0) is 61.2 Å². The van der Waals surface area contributed by atoms with Gasteiger partial charge in [0.05, 0.1) is 20.2 Å². The molecule has 4 unspecified atom stereocenters. The molecule has 224 valence electrons. The van der Waals surface area contributed by atoms with E-state index >= 15 is 0 Å². The van der Waals surface area contributed by atoms with E-state index in [1.807, 2.05) is 0 Å². The molecule has 0 aromatic heterocycles. The van der Waals surface area contributed by atoms with Gasteiger partial charge in [0.1, 0.15) is 0 Å². The standard InChI is InChI=1S/2C9H18O3S.2C5H10.Fe.2K/c2*1-9(2,3)7-4-5-8(6-7)13(10,11)12;2*1-2-4-5-3-1;;;/h2*7-8H,4-6H2,1-3H3,(H,10,11,12);2*1-5H2;;;/q;;;;;2*+1/p-2. The van der Waals surface area contributed by atoms with Crippen LogP contribution >= 0.6 is 0 Å². The molecule has 4 aliphatic rings. The first-order valence-corrected chi connectivity index (χ1v) is 17.3. The molecule has 4 fully saturated rings. The fraction of sp³-hybridized carbons (Fsp3) is 1.00. The molecule has 0 radical (unpaired) electrons.